The molecule has 2 aromatic rings. The molecule has 0 radical (unpaired) electrons. The summed E-state index contributed by atoms with van der Waals surface area (Å²) in [6.45, 7) is 0.248. The Morgan fingerprint density at radius 3 is 2.54 bits per heavy atom. The molecule has 2 aliphatic rings. The van der Waals surface area contributed by atoms with Crippen LogP contribution in [0.3, 0.4) is 0 Å². The molecule has 0 atom stereocenters. The zero-order valence-corrected chi connectivity index (χ0v) is 18.9. The number of nitrogens with zero attached hydrogens (tertiary/aromatic N) is 4. The lowest BCUT2D eigenvalue weighted by Gasteiger charge is -2.43. The molecule has 2 fully saturated rings. The highest BCUT2D eigenvalue weighted by atomic mass is 32.1. The number of halogens is 3. The molecular weight excluding hydrogens is 483 g/mol. The van der Waals surface area contributed by atoms with Gasteiger partial charge in [-0.15, -0.1) is 0 Å². The highest BCUT2D eigenvalue weighted by molar-refractivity contribution is 7.80. The number of aromatic nitrogens is 1. The number of benzene rings is 1. The minimum Gasteiger partial charge on any atom is -0.329 e. The fourth-order valence-corrected chi connectivity index (χ4v) is 4.59. The Balaban J connectivity index is 1.63. The number of carbonyl (C=O) groups excluding carboxylic acids is 2. The largest absolute Gasteiger partial charge is 0.419 e. The van der Waals surface area contributed by atoms with Crippen molar-refractivity contribution >= 4 is 40.9 Å². The van der Waals surface area contributed by atoms with Crippen LogP contribution < -0.4 is 10.4 Å². The van der Waals surface area contributed by atoms with Gasteiger partial charge in [-0.3, -0.25) is 19.7 Å². The molecule has 180 valence electrons. The van der Waals surface area contributed by atoms with Gasteiger partial charge in [0.2, 0.25) is 0 Å². The van der Waals surface area contributed by atoms with Crippen LogP contribution in [-0.2, 0) is 22.3 Å². The standard InChI is InChI=1S/C23H18F3N5O3S/c24-23(25,26)17-10-16(12-28-18(17)11-27)31-20(33)22(8-1-9-22)30(21(31)35)13-15-4-2-14(3-5-15)6-7-19(32)29-34/h2-7,10,12,34H,1,8-9,13H2,(H,29,32)/b7-6+. The fourth-order valence-electron chi connectivity index (χ4n) is 4.16. The van der Waals surface area contributed by atoms with Crippen molar-refractivity contribution in [1.82, 2.24) is 15.4 Å². The maximum absolute atomic E-state index is 13.5. The first kappa shape index (κ1) is 24.3. The molecule has 0 bridgehead atoms. The van der Waals surface area contributed by atoms with Crippen molar-refractivity contribution in [2.24, 2.45) is 0 Å². The number of thiocarbonyl (C=S) groups is 1. The summed E-state index contributed by atoms with van der Waals surface area (Å²) in [5, 5.41) is 17.6. The van der Waals surface area contributed by atoms with E-state index in [2.05, 4.69) is 4.98 Å². The van der Waals surface area contributed by atoms with E-state index in [4.69, 9.17) is 22.7 Å². The SMILES string of the molecule is N#Cc1ncc(N2C(=O)C3(CCC3)N(Cc3ccc(/C=C/C(=O)NO)cc3)C2=S)cc1C(F)(F)F. The lowest BCUT2D eigenvalue weighted by atomic mass is 9.75. The predicted octanol–water partition coefficient (Wildman–Crippen LogP) is 3.55. The smallest absolute Gasteiger partial charge is 0.329 e. The minimum atomic E-state index is -4.82. The molecule has 35 heavy (non-hydrogen) atoms. The first-order valence-electron chi connectivity index (χ1n) is 10.5. The number of hydrogen-bond donors (Lipinski definition) is 2. The Morgan fingerprint density at radius 1 is 1.31 bits per heavy atom. The number of nitriles is 1. The summed E-state index contributed by atoms with van der Waals surface area (Å²) < 4.78 is 40.4. The average molecular weight is 501 g/mol. The maximum atomic E-state index is 13.5. The number of carbonyl (C=O) groups is 2. The molecule has 1 saturated heterocycles. The van der Waals surface area contributed by atoms with Gasteiger partial charge < -0.3 is 4.90 Å². The molecule has 12 heteroatoms. The normalized spacial score (nSPS) is 17.1. The second kappa shape index (κ2) is 9.09. The van der Waals surface area contributed by atoms with E-state index >= 15 is 0 Å². The third-order valence-corrected chi connectivity index (χ3v) is 6.52. The molecule has 1 aromatic carbocycles. The van der Waals surface area contributed by atoms with Crippen LogP contribution >= 0.6 is 12.2 Å². The molecule has 1 aliphatic heterocycles. The van der Waals surface area contributed by atoms with Crippen molar-refractivity contribution in [3.8, 4) is 6.07 Å². The second-order valence-corrected chi connectivity index (χ2v) is 8.51. The van der Waals surface area contributed by atoms with E-state index in [9.17, 15) is 22.8 Å². The molecular formula is C23H18F3N5O3S. The molecule has 8 nitrogen and oxygen atoms in total. The first-order valence-corrected chi connectivity index (χ1v) is 10.9. The van der Waals surface area contributed by atoms with E-state index in [-0.39, 0.29) is 17.3 Å². The number of amides is 2. The molecule has 2 amide bonds. The van der Waals surface area contributed by atoms with Crippen LogP contribution in [0.4, 0.5) is 18.9 Å². The average Bonchev–Trinajstić information content (AvgIpc) is 3.03. The predicted molar refractivity (Wildman–Crippen MR) is 122 cm³/mol. The summed E-state index contributed by atoms with van der Waals surface area (Å²) in [5.74, 6) is -1.09. The highest BCUT2D eigenvalue weighted by Crippen LogP contribution is 2.46. The molecule has 2 heterocycles. The third kappa shape index (κ3) is 4.36. The summed E-state index contributed by atoms with van der Waals surface area (Å²) in [6.07, 6.45) is 0.688. The lowest BCUT2D eigenvalue weighted by Crippen LogP contribution is -2.54. The van der Waals surface area contributed by atoms with Crippen LogP contribution in [0, 0.1) is 11.3 Å². The summed E-state index contributed by atoms with van der Waals surface area (Å²) in [5.41, 5.74) is -0.0990. The first-order chi connectivity index (χ1) is 16.6. The number of anilines is 1. The summed E-state index contributed by atoms with van der Waals surface area (Å²) >= 11 is 5.55. The summed E-state index contributed by atoms with van der Waals surface area (Å²) in [7, 11) is 0. The van der Waals surface area contributed by atoms with Crippen LogP contribution in [0.25, 0.3) is 6.08 Å². The summed E-state index contributed by atoms with van der Waals surface area (Å²) in [4.78, 5) is 31.0. The van der Waals surface area contributed by atoms with Crippen molar-refractivity contribution in [3.05, 3.63) is 65.0 Å². The van der Waals surface area contributed by atoms with E-state index in [1.165, 1.54) is 17.6 Å². The second-order valence-electron chi connectivity index (χ2n) is 8.14. The van der Waals surface area contributed by atoms with E-state index < -0.39 is 34.8 Å². The van der Waals surface area contributed by atoms with Crippen LogP contribution in [0.2, 0.25) is 0 Å². The zero-order chi connectivity index (χ0) is 25.4. The number of pyridine rings is 1. The van der Waals surface area contributed by atoms with Gasteiger partial charge in [0, 0.05) is 12.6 Å². The Kier molecular flexibility index (Phi) is 6.31. The van der Waals surface area contributed by atoms with Crippen LogP contribution in [0.15, 0.2) is 42.6 Å². The molecule has 1 aliphatic carbocycles. The van der Waals surface area contributed by atoms with E-state index in [0.29, 0.717) is 18.4 Å². The molecule has 1 saturated carbocycles. The van der Waals surface area contributed by atoms with Gasteiger partial charge in [0.05, 0.1) is 17.4 Å². The number of nitrogens with one attached hydrogen (secondary N) is 1. The van der Waals surface area contributed by atoms with Gasteiger partial charge in [-0.2, -0.15) is 18.4 Å². The topological polar surface area (TPSA) is 110 Å². The fraction of sp³-hybridized carbons (Fsp3) is 0.261. The van der Waals surface area contributed by atoms with Crippen molar-refractivity contribution in [2.75, 3.05) is 4.90 Å². The maximum Gasteiger partial charge on any atom is 0.419 e. The third-order valence-electron chi connectivity index (χ3n) is 6.12. The van der Waals surface area contributed by atoms with Gasteiger partial charge in [0.15, 0.2) is 10.8 Å². The molecule has 4 rings (SSSR count). The molecule has 1 aromatic heterocycles. The molecule has 1 spiro atoms. The van der Waals surface area contributed by atoms with Crippen LogP contribution in [-0.4, -0.2) is 37.6 Å². The minimum absolute atomic E-state index is 0.0675. The molecule has 2 N–H and O–H groups in total. The monoisotopic (exact) mass is 501 g/mol. The van der Waals surface area contributed by atoms with Crippen LogP contribution in [0.1, 0.15) is 41.6 Å². The number of hydroxylamine groups is 1. The van der Waals surface area contributed by atoms with E-state index in [1.807, 2.05) is 0 Å². The van der Waals surface area contributed by atoms with Crippen molar-refractivity contribution in [3.63, 3.8) is 0 Å². The van der Waals surface area contributed by atoms with Gasteiger partial charge in [0.1, 0.15) is 11.6 Å². The van der Waals surface area contributed by atoms with Gasteiger partial charge in [-0.05, 0) is 54.7 Å². The number of alkyl halides is 3. The summed E-state index contributed by atoms with van der Waals surface area (Å²) in [6, 6.07) is 9.20. The Morgan fingerprint density at radius 2 is 2.00 bits per heavy atom. The van der Waals surface area contributed by atoms with Gasteiger partial charge in [0.25, 0.3) is 11.8 Å². The van der Waals surface area contributed by atoms with Gasteiger partial charge >= 0.3 is 6.18 Å². The highest BCUT2D eigenvalue weighted by Gasteiger charge is 2.59. The quantitative estimate of drug-likeness (QED) is 0.279. The van der Waals surface area contributed by atoms with E-state index in [0.717, 1.165) is 35.2 Å². The van der Waals surface area contributed by atoms with Gasteiger partial charge in [-0.25, -0.2) is 10.5 Å². The Labute approximate surface area is 203 Å². The Bertz CT molecular complexity index is 1270. The van der Waals surface area contributed by atoms with Crippen molar-refractivity contribution in [1.29, 1.82) is 5.26 Å². The van der Waals surface area contributed by atoms with Crippen molar-refractivity contribution in [2.45, 2.75) is 37.5 Å². The van der Waals surface area contributed by atoms with E-state index in [1.54, 1.807) is 29.2 Å². The molecule has 0 unspecified atom stereocenters. The lowest BCUT2D eigenvalue weighted by molar-refractivity contribution is -0.138. The number of hydrogen-bond acceptors (Lipinski definition) is 6. The Hall–Kier alpha value is -3.82. The zero-order valence-electron chi connectivity index (χ0n) is 18.0. The van der Waals surface area contributed by atoms with Crippen LogP contribution in [0.5, 0.6) is 0 Å². The van der Waals surface area contributed by atoms with Crippen molar-refractivity contribution < 1.29 is 28.0 Å². The number of rotatable bonds is 5. The van der Waals surface area contributed by atoms with Gasteiger partial charge in [-0.1, -0.05) is 24.3 Å².